The number of rotatable bonds is 2. The molecule has 2 aromatic heterocycles. The van der Waals surface area contributed by atoms with E-state index in [9.17, 15) is 0 Å². The van der Waals surface area contributed by atoms with E-state index >= 15 is 0 Å². The minimum Gasteiger partial charge on any atom is -0.248 e. The Hall–Kier alpha value is -3.07. The number of benzene rings is 2. The van der Waals surface area contributed by atoms with E-state index in [2.05, 4.69) is 53.3 Å². The number of fused-ring (bicyclic) bond motifs is 1. The summed E-state index contributed by atoms with van der Waals surface area (Å²) in [5, 5.41) is 1.13. The summed E-state index contributed by atoms with van der Waals surface area (Å²) in [5.74, 6) is 0. The zero-order valence-corrected chi connectivity index (χ0v) is 12.8. The van der Waals surface area contributed by atoms with Gasteiger partial charge in [-0.2, -0.15) is 0 Å². The Kier molecular flexibility index (Phi) is 3.31. The van der Waals surface area contributed by atoms with Gasteiger partial charge >= 0.3 is 0 Å². The number of nitrogens with zero attached hydrogens (tertiary/aromatic N) is 3. The van der Waals surface area contributed by atoms with Crippen molar-refractivity contribution < 1.29 is 0 Å². The van der Waals surface area contributed by atoms with Crippen molar-refractivity contribution in [2.24, 2.45) is 0 Å². The molecule has 0 bridgehead atoms. The number of pyridine rings is 1. The lowest BCUT2D eigenvalue weighted by Crippen LogP contribution is -1.93. The maximum Gasteiger partial charge on any atom is 0.116 e. The number of aryl methyl sites for hydroxylation is 1. The van der Waals surface area contributed by atoms with Crippen LogP contribution in [0, 0.1) is 6.92 Å². The fraction of sp³-hybridized carbons (Fsp3) is 0.0500. The molecule has 0 N–H and O–H groups in total. The molecule has 0 unspecified atom stereocenters. The van der Waals surface area contributed by atoms with E-state index in [1.807, 2.05) is 30.5 Å². The second kappa shape index (κ2) is 5.61. The maximum atomic E-state index is 4.77. The first kappa shape index (κ1) is 13.6. The predicted octanol–water partition coefficient (Wildman–Crippen LogP) is 4.67. The zero-order chi connectivity index (χ0) is 15.6. The molecule has 4 rings (SSSR count). The summed E-state index contributed by atoms with van der Waals surface area (Å²) in [4.78, 5) is 13.4. The highest BCUT2D eigenvalue weighted by molar-refractivity contribution is 5.84. The van der Waals surface area contributed by atoms with Gasteiger partial charge in [0, 0.05) is 22.7 Å². The van der Waals surface area contributed by atoms with Crippen molar-refractivity contribution in [3.8, 4) is 22.5 Å². The molecule has 0 aliphatic rings. The molecular weight excluding hydrogens is 282 g/mol. The van der Waals surface area contributed by atoms with Gasteiger partial charge in [-0.3, -0.25) is 0 Å². The molecule has 2 aromatic carbocycles. The molecule has 2 heterocycles. The molecule has 3 heteroatoms. The first-order chi connectivity index (χ1) is 11.3. The van der Waals surface area contributed by atoms with Gasteiger partial charge in [-0.15, -0.1) is 0 Å². The minimum absolute atomic E-state index is 0.889. The summed E-state index contributed by atoms with van der Waals surface area (Å²) in [5.41, 5.74) is 6.02. The maximum absolute atomic E-state index is 4.77. The van der Waals surface area contributed by atoms with Crippen LogP contribution in [-0.4, -0.2) is 15.0 Å². The molecule has 0 atom stereocenters. The van der Waals surface area contributed by atoms with Crippen molar-refractivity contribution in [3.05, 3.63) is 78.8 Å². The number of hydrogen-bond acceptors (Lipinski definition) is 3. The second-order valence-electron chi connectivity index (χ2n) is 5.54. The highest BCUT2D eigenvalue weighted by Crippen LogP contribution is 2.29. The summed E-state index contributed by atoms with van der Waals surface area (Å²) in [7, 11) is 0. The van der Waals surface area contributed by atoms with E-state index in [1.54, 1.807) is 6.33 Å². The van der Waals surface area contributed by atoms with Crippen molar-refractivity contribution in [1.82, 2.24) is 15.0 Å². The van der Waals surface area contributed by atoms with Crippen LogP contribution in [0.4, 0.5) is 0 Å². The first-order valence-electron chi connectivity index (χ1n) is 7.54. The van der Waals surface area contributed by atoms with Crippen LogP contribution in [0.25, 0.3) is 33.4 Å². The average Bonchev–Trinajstić information content (AvgIpc) is 2.62. The first-order valence-corrected chi connectivity index (χ1v) is 7.54. The van der Waals surface area contributed by atoms with Gasteiger partial charge in [0.25, 0.3) is 0 Å². The topological polar surface area (TPSA) is 38.7 Å². The van der Waals surface area contributed by atoms with Crippen molar-refractivity contribution in [1.29, 1.82) is 0 Å². The Bertz CT molecular complexity index is 975. The van der Waals surface area contributed by atoms with E-state index in [0.29, 0.717) is 0 Å². The van der Waals surface area contributed by atoms with Crippen LogP contribution in [0.2, 0.25) is 0 Å². The summed E-state index contributed by atoms with van der Waals surface area (Å²) in [6.07, 6.45) is 3.42. The molecule has 0 saturated heterocycles. The molecule has 0 amide bonds. The molecule has 0 aliphatic heterocycles. The summed E-state index contributed by atoms with van der Waals surface area (Å²) < 4.78 is 0. The van der Waals surface area contributed by atoms with E-state index in [-0.39, 0.29) is 0 Å². The molecule has 110 valence electrons. The third kappa shape index (κ3) is 2.57. The third-order valence-corrected chi connectivity index (χ3v) is 3.91. The molecule has 3 nitrogen and oxygen atoms in total. The van der Waals surface area contributed by atoms with Gasteiger partial charge in [-0.1, -0.05) is 54.1 Å². The summed E-state index contributed by atoms with van der Waals surface area (Å²) >= 11 is 0. The highest BCUT2D eigenvalue weighted by atomic mass is 14.8. The Morgan fingerprint density at radius 1 is 0.826 bits per heavy atom. The van der Waals surface area contributed by atoms with Crippen LogP contribution in [-0.2, 0) is 0 Å². The molecule has 23 heavy (non-hydrogen) atoms. The molecular formula is C20H15N3. The number of hydrogen-bond donors (Lipinski definition) is 0. The SMILES string of the molecule is Cc1ccc(-c2ncncc2-c2ccc3ccccc3n2)cc1. The monoisotopic (exact) mass is 297 g/mol. The Balaban J connectivity index is 1.89. The standard InChI is InChI=1S/C20H15N3/c1-14-6-8-16(9-7-14)20-17(12-21-13-22-20)19-11-10-15-4-2-3-5-18(15)23-19/h2-13H,1H3. The van der Waals surface area contributed by atoms with Gasteiger partial charge in [-0.05, 0) is 19.1 Å². The van der Waals surface area contributed by atoms with Crippen molar-refractivity contribution >= 4 is 10.9 Å². The number of aromatic nitrogens is 3. The van der Waals surface area contributed by atoms with Crippen molar-refractivity contribution in [3.63, 3.8) is 0 Å². The van der Waals surface area contributed by atoms with Crippen molar-refractivity contribution in [2.45, 2.75) is 6.92 Å². The molecule has 0 fully saturated rings. The molecule has 0 saturated carbocycles. The van der Waals surface area contributed by atoms with Gasteiger partial charge in [-0.25, -0.2) is 15.0 Å². The molecule has 4 aromatic rings. The smallest absolute Gasteiger partial charge is 0.116 e. The van der Waals surface area contributed by atoms with Gasteiger partial charge in [0.15, 0.2) is 0 Å². The summed E-state index contributed by atoms with van der Waals surface area (Å²) in [6, 6.07) is 20.6. The van der Waals surface area contributed by atoms with Gasteiger partial charge < -0.3 is 0 Å². The predicted molar refractivity (Wildman–Crippen MR) is 92.9 cm³/mol. The van der Waals surface area contributed by atoms with E-state index in [1.165, 1.54) is 5.56 Å². The van der Waals surface area contributed by atoms with Crippen LogP contribution in [0.3, 0.4) is 0 Å². The van der Waals surface area contributed by atoms with Crippen molar-refractivity contribution in [2.75, 3.05) is 0 Å². The average molecular weight is 297 g/mol. The lowest BCUT2D eigenvalue weighted by Gasteiger charge is -2.09. The molecule has 0 radical (unpaired) electrons. The van der Waals surface area contributed by atoms with Crippen LogP contribution in [0.5, 0.6) is 0 Å². The Morgan fingerprint density at radius 2 is 1.65 bits per heavy atom. The van der Waals surface area contributed by atoms with Crippen LogP contribution in [0.15, 0.2) is 73.2 Å². The molecule has 0 aliphatic carbocycles. The number of para-hydroxylation sites is 1. The lowest BCUT2D eigenvalue weighted by atomic mass is 10.0. The van der Waals surface area contributed by atoms with Crippen LogP contribution in [0.1, 0.15) is 5.56 Å². The fourth-order valence-electron chi connectivity index (χ4n) is 2.67. The highest BCUT2D eigenvalue weighted by Gasteiger charge is 2.10. The Labute approximate surface area is 134 Å². The normalized spacial score (nSPS) is 10.8. The third-order valence-electron chi connectivity index (χ3n) is 3.91. The van der Waals surface area contributed by atoms with Gasteiger partial charge in [0.2, 0.25) is 0 Å². The van der Waals surface area contributed by atoms with Crippen LogP contribution >= 0.6 is 0 Å². The largest absolute Gasteiger partial charge is 0.248 e. The van der Waals surface area contributed by atoms with E-state index in [4.69, 9.17) is 4.98 Å². The molecule has 0 spiro atoms. The van der Waals surface area contributed by atoms with Gasteiger partial charge in [0.05, 0.1) is 16.9 Å². The van der Waals surface area contributed by atoms with Gasteiger partial charge in [0.1, 0.15) is 6.33 Å². The lowest BCUT2D eigenvalue weighted by molar-refractivity contribution is 1.17. The Morgan fingerprint density at radius 3 is 2.52 bits per heavy atom. The quantitative estimate of drug-likeness (QED) is 0.540. The van der Waals surface area contributed by atoms with Crippen LogP contribution < -0.4 is 0 Å². The zero-order valence-electron chi connectivity index (χ0n) is 12.8. The minimum atomic E-state index is 0.889. The van der Waals surface area contributed by atoms with E-state index in [0.717, 1.165) is 33.4 Å². The second-order valence-corrected chi connectivity index (χ2v) is 5.54. The summed E-state index contributed by atoms with van der Waals surface area (Å²) in [6.45, 7) is 2.08. The van der Waals surface area contributed by atoms with E-state index < -0.39 is 0 Å². The fourth-order valence-corrected chi connectivity index (χ4v) is 2.67.